The van der Waals surface area contributed by atoms with Gasteiger partial charge in [0.25, 0.3) is 0 Å². The van der Waals surface area contributed by atoms with Gasteiger partial charge in [0.2, 0.25) is 0 Å². The molecule has 0 unspecified atom stereocenters. The van der Waals surface area contributed by atoms with Crippen molar-refractivity contribution in [3.05, 3.63) is 60.9 Å². The minimum atomic E-state index is 0.870. The third-order valence-electron chi connectivity index (χ3n) is 3.21. The highest BCUT2D eigenvalue weighted by Crippen LogP contribution is 2.33. The molecule has 0 amide bonds. The van der Waals surface area contributed by atoms with Gasteiger partial charge >= 0.3 is 0 Å². The van der Waals surface area contributed by atoms with Gasteiger partial charge in [-0.1, -0.05) is 42.1 Å². The van der Waals surface area contributed by atoms with E-state index in [1.54, 1.807) is 18.0 Å². The Labute approximate surface area is 125 Å². The van der Waals surface area contributed by atoms with E-state index in [1.807, 2.05) is 42.6 Å². The number of fused-ring (bicyclic) bond motifs is 1. The van der Waals surface area contributed by atoms with Crippen LogP contribution in [0.1, 0.15) is 0 Å². The lowest BCUT2D eigenvalue weighted by Gasteiger charge is -2.04. The summed E-state index contributed by atoms with van der Waals surface area (Å²) in [5.41, 5.74) is 3.11. The van der Waals surface area contributed by atoms with Crippen molar-refractivity contribution in [3.8, 4) is 11.4 Å². The maximum atomic E-state index is 4.61. The minimum absolute atomic E-state index is 0.870. The molecule has 2 N–H and O–H groups in total. The van der Waals surface area contributed by atoms with E-state index in [-0.39, 0.29) is 0 Å². The topological polar surface area (TPSA) is 57.4 Å². The fourth-order valence-corrected chi connectivity index (χ4v) is 3.18. The maximum Gasteiger partial charge on any atom is 0.171 e. The zero-order valence-corrected chi connectivity index (χ0v) is 11.9. The second-order valence-electron chi connectivity index (χ2n) is 4.60. The Balaban J connectivity index is 1.74. The van der Waals surface area contributed by atoms with E-state index in [9.17, 15) is 0 Å². The van der Waals surface area contributed by atoms with Crippen molar-refractivity contribution in [3.63, 3.8) is 0 Å². The molecule has 102 valence electrons. The van der Waals surface area contributed by atoms with E-state index in [0.29, 0.717) is 0 Å². The van der Waals surface area contributed by atoms with Crippen LogP contribution >= 0.6 is 11.8 Å². The summed E-state index contributed by atoms with van der Waals surface area (Å²) in [6.07, 6.45) is 3.59. The SMILES string of the molecule is c1ccc(-c2ncc[nH]2)c(Sc2nc3ccccc3[nH]2)c1. The van der Waals surface area contributed by atoms with Gasteiger partial charge < -0.3 is 9.97 Å². The average Bonchev–Trinajstić information content (AvgIpc) is 3.16. The van der Waals surface area contributed by atoms with Gasteiger partial charge in [0.15, 0.2) is 5.16 Å². The average molecular weight is 292 g/mol. The molecule has 0 spiro atoms. The Morgan fingerprint density at radius 1 is 0.952 bits per heavy atom. The van der Waals surface area contributed by atoms with E-state index in [1.165, 1.54) is 0 Å². The number of hydrogen-bond acceptors (Lipinski definition) is 3. The molecule has 2 heterocycles. The van der Waals surface area contributed by atoms with Crippen LogP contribution in [0.3, 0.4) is 0 Å². The molecular weight excluding hydrogens is 280 g/mol. The number of nitrogens with one attached hydrogen (secondary N) is 2. The lowest BCUT2D eigenvalue weighted by molar-refractivity contribution is 1.08. The summed E-state index contributed by atoms with van der Waals surface area (Å²) in [4.78, 5) is 16.5. The molecule has 0 bridgehead atoms. The summed E-state index contributed by atoms with van der Waals surface area (Å²) in [6.45, 7) is 0. The van der Waals surface area contributed by atoms with Gasteiger partial charge in [0.1, 0.15) is 5.82 Å². The highest BCUT2D eigenvalue weighted by atomic mass is 32.2. The third-order valence-corrected chi connectivity index (χ3v) is 4.18. The molecule has 2 aromatic heterocycles. The fourth-order valence-electron chi connectivity index (χ4n) is 2.25. The number of rotatable bonds is 3. The van der Waals surface area contributed by atoms with Crippen molar-refractivity contribution in [1.82, 2.24) is 19.9 Å². The molecule has 4 rings (SSSR count). The number of hydrogen-bond donors (Lipinski definition) is 2. The van der Waals surface area contributed by atoms with Gasteiger partial charge in [0, 0.05) is 22.9 Å². The molecular formula is C16H12N4S. The van der Waals surface area contributed by atoms with E-state index in [2.05, 4.69) is 32.1 Å². The second-order valence-corrected chi connectivity index (χ2v) is 5.63. The Kier molecular flexibility index (Phi) is 2.97. The maximum absolute atomic E-state index is 4.61. The smallest absolute Gasteiger partial charge is 0.171 e. The second kappa shape index (κ2) is 5.10. The zero-order chi connectivity index (χ0) is 14.1. The van der Waals surface area contributed by atoms with Crippen LogP contribution in [0.4, 0.5) is 0 Å². The van der Waals surface area contributed by atoms with Crippen molar-refractivity contribution < 1.29 is 0 Å². The Morgan fingerprint density at radius 2 is 1.81 bits per heavy atom. The van der Waals surface area contributed by atoms with Crippen molar-refractivity contribution in [1.29, 1.82) is 0 Å². The minimum Gasteiger partial charge on any atom is -0.345 e. The zero-order valence-electron chi connectivity index (χ0n) is 11.1. The van der Waals surface area contributed by atoms with Crippen molar-refractivity contribution in [2.75, 3.05) is 0 Å². The van der Waals surface area contributed by atoms with Crippen LogP contribution in [0.25, 0.3) is 22.4 Å². The van der Waals surface area contributed by atoms with E-state index in [4.69, 9.17) is 0 Å². The summed E-state index contributed by atoms with van der Waals surface area (Å²) >= 11 is 1.61. The Hall–Kier alpha value is -2.53. The predicted octanol–water partition coefficient (Wildman–Crippen LogP) is 4.10. The van der Waals surface area contributed by atoms with Gasteiger partial charge in [-0.2, -0.15) is 0 Å². The van der Waals surface area contributed by atoms with E-state index >= 15 is 0 Å². The molecule has 0 aliphatic carbocycles. The lowest BCUT2D eigenvalue weighted by Crippen LogP contribution is -1.85. The first-order valence-electron chi connectivity index (χ1n) is 6.61. The van der Waals surface area contributed by atoms with Crippen LogP contribution in [0.2, 0.25) is 0 Å². The Bertz CT molecular complexity index is 847. The molecule has 0 atom stereocenters. The molecule has 4 nitrogen and oxygen atoms in total. The number of imidazole rings is 2. The summed E-state index contributed by atoms with van der Waals surface area (Å²) in [6, 6.07) is 16.2. The number of aromatic nitrogens is 4. The largest absolute Gasteiger partial charge is 0.345 e. The molecule has 0 aliphatic heterocycles. The fraction of sp³-hybridized carbons (Fsp3) is 0. The van der Waals surface area contributed by atoms with Crippen LogP contribution in [0, 0.1) is 0 Å². The van der Waals surface area contributed by atoms with Crippen LogP contribution in [-0.2, 0) is 0 Å². The van der Waals surface area contributed by atoms with E-state index < -0.39 is 0 Å². The molecule has 0 fully saturated rings. The van der Waals surface area contributed by atoms with Crippen LogP contribution in [0.15, 0.2) is 71.0 Å². The summed E-state index contributed by atoms with van der Waals surface area (Å²) < 4.78 is 0. The number of benzene rings is 2. The molecule has 5 heteroatoms. The normalized spacial score (nSPS) is 11.0. The number of H-pyrrole nitrogens is 2. The first-order chi connectivity index (χ1) is 10.4. The highest BCUT2D eigenvalue weighted by Gasteiger charge is 2.10. The van der Waals surface area contributed by atoms with Gasteiger partial charge in [-0.05, 0) is 18.2 Å². The first kappa shape index (κ1) is 12.2. The van der Waals surface area contributed by atoms with Gasteiger partial charge in [-0.25, -0.2) is 9.97 Å². The first-order valence-corrected chi connectivity index (χ1v) is 7.43. The summed E-state index contributed by atoms with van der Waals surface area (Å²) in [7, 11) is 0. The number of nitrogens with zero attached hydrogens (tertiary/aromatic N) is 2. The highest BCUT2D eigenvalue weighted by molar-refractivity contribution is 7.99. The lowest BCUT2D eigenvalue weighted by atomic mass is 10.2. The molecule has 0 saturated carbocycles. The standard InChI is InChI=1S/C16H12N4S/c1-4-8-14(11(5-1)15-17-9-10-18-15)21-16-19-12-6-2-3-7-13(12)20-16/h1-10H,(H,17,18)(H,19,20). The third kappa shape index (κ3) is 2.32. The van der Waals surface area contributed by atoms with Crippen LogP contribution in [-0.4, -0.2) is 19.9 Å². The van der Waals surface area contributed by atoms with Gasteiger partial charge in [-0.3, -0.25) is 0 Å². The van der Waals surface area contributed by atoms with Crippen LogP contribution < -0.4 is 0 Å². The van der Waals surface area contributed by atoms with E-state index in [0.717, 1.165) is 32.5 Å². The number of para-hydroxylation sites is 2. The Morgan fingerprint density at radius 3 is 2.67 bits per heavy atom. The van der Waals surface area contributed by atoms with Crippen molar-refractivity contribution in [2.24, 2.45) is 0 Å². The predicted molar refractivity (Wildman–Crippen MR) is 84.2 cm³/mol. The molecule has 2 aromatic carbocycles. The van der Waals surface area contributed by atoms with Crippen LogP contribution in [0.5, 0.6) is 0 Å². The molecule has 0 aliphatic rings. The molecule has 4 aromatic rings. The van der Waals surface area contributed by atoms with Gasteiger partial charge in [0.05, 0.1) is 11.0 Å². The molecule has 0 saturated heterocycles. The molecule has 21 heavy (non-hydrogen) atoms. The summed E-state index contributed by atoms with van der Waals surface area (Å²) in [5, 5.41) is 0.884. The van der Waals surface area contributed by atoms with Crippen molar-refractivity contribution >= 4 is 22.8 Å². The van der Waals surface area contributed by atoms with Crippen molar-refractivity contribution in [2.45, 2.75) is 10.1 Å². The monoisotopic (exact) mass is 292 g/mol. The molecule has 0 radical (unpaired) electrons. The van der Waals surface area contributed by atoms with Gasteiger partial charge in [-0.15, -0.1) is 0 Å². The quantitative estimate of drug-likeness (QED) is 0.597. The number of aromatic amines is 2. The summed E-state index contributed by atoms with van der Waals surface area (Å²) in [5.74, 6) is 0.870.